The summed E-state index contributed by atoms with van der Waals surface area (Å²) in [6.07, 6.45) is 7.49. The number of carbonyl (C=O) groups excluding carboxylic acids is 1. The second-order valence-electron chi connectivity index (χ2n) is 8.56. The first-order chi connectivity index (χ1) is 13.9. The average Bonchev–Trinajstić information content (AvgIpc) is 3.36. The Kier molecular flexibility index (Phi) is 5.12. The second kappa shape index (κ2) is 7.59. The molecule has 0 bridgehead atoms. The highest BCUT2D eigenvalue weighted by molar-refractivity contribution is 5.83. The number of carboxylic acid groups (broad SMARTS) is 1. The van der Waals surface area contributed by atoms with Gasteiger partial charge in [-0.1, -0.05) is 0 Å². The zero-order valence-corrected chi connectivity index (χ0v) is 16.9. The third kappa shape index (κ3) is 3.76. The van der Waals surface area contributed by atoms with Crippen LogP contribution in [0.25, 0.3) is 0 Å². The zero-order valence-electron chi connectivity index (χ0n) is 16.9. The van der Waals surface area contributed by atoms with Crippen LogP contribution in [-0.2, 0) is 22.6 Å². The van der Waals surface area contributed by atoms with Crippen LogP contribution < -0.4 is 0 Å². The average molecular weight is 397 g/mol. The maximum atomic E-state index is 12.7. The molecule has 0 radical (unpaired) electrons. The quantitative estimate of drug-likeness (QED) is 0.793. The van der Waals surface area contributed by atoms with Gasteiger partial charge in [-0.25, -0.2) is 0 Å². The van der Waals surface area contributed by atoms with Crippen LogP contribution in [0.4, 0.5) is 0 Å². The standard InChI is InChI=1S/C21H27N5O3/c1-15(2)26-10-17(8-23-26)9-24-11-18-12-25(14-21(18,13-24)20(28)29)19(27)7-16-3-5-22-6-4-16/h3-6,8,10,15,18H,7,9,11-14H2,1-2H3,(H,28,29)/t18-,21-/m1/s1. The Morgan fingerprint density at radius 3 is 2.59 bits per heavy atom. The molecule has 0 aliphatic carbocycles. The van der Waals surface area contributed by atoms with Gasteiger partial charge in [-0.2, -0.15) is 5.10 Å². The zero-order chi connectivity index (χ0) is 20.6. The van der Waals surface area contributed by atoms with Crippen molar-refractivity contribution in [3.05, 3.63) is 48.0 Å². The van der Waals surface area contributed by atoms with Crippen molar-refractivity contribution in [2.45, 2.75) is 32.9 Å². The molecule has 2 fully saturated rings. The van der Waals surface area contributed by atoms with E-state index in [1.165, 1.54) is 0 Å². The first-order valence-electron chi connectivity index (χ1n) is 10.0. The minimum absolute atomic E-state index is 0.0176. The van der Waals surface area contributed by atoms with Crippen molar-refractivity contribution in [3.63, 3.8) is 0 Å². The van der Waals surface area contributed by atoms with Crippen molar-refractivity contribution in [1.82, 2.24) is 24.6 Å². The number of carboxylic acids is 1. The highest BCUT2D eigenvalue weighted by Gasteiger charge is 2.58. The van der Waals surface area contributed by atoms with Gasteiger partial charge >= 0.3 is 5.97 Å². The fourth-order valence-corrected chi connectivity index (χ4v) is 4.57. The van der Waals surface area contributed by atoms with Gasteiger partial charge in [-0.3, -0.25) is 24.2 Å². The van der Waals surface area contributed by atoms with E-state index in [-0.39, 0.29) is 24.8 Å². The molecule has 154 valence electrons. The molecule has 0 aromatic carbocycles. The number of aliphatic carboxylic acids is 1. The van der Waals surface area contributed by atoms with Crippen molar-refractivity contribution in [3.8, 4) is 0 Å². The third-order valence-electron chi connectivity index (χ3n) is 6.15. The SMILES string of the molecule is CC(C)n1cc(CN2C[C@@H]3CN(C(=O)Cc4ccncc4)C[C@]3(C(=O)O)C2)cn1. The van der Waals surface area contributed by atoms with E-state index >= 15 is 0 Å². The van der Waals surface area contributed by atoms with E-state index in [1.54, 1.807) is 17.3 Å². The van der Waals surface area contributed by atoms with Gasteiger partial charge in [0.15, 0.2) is 0 Å². The number of hydrogen-bond acceptors (Lipinski definition) is 5. The van der Waals surface area contributed by atoms with E-state index in [4.69, 9.17) is 0 Å². The highest BCUT2D eigenvalue weighted by Crippen LogP contribution is 2.43. The minimum Gasteiger partial charge on any atom is -0.481 e. The summed E-state index contributed by atoms with van der Waals surface area (Å²) in [6.45, 7) is 6.75. The van der Waals surface area contributed by atoms with Gasteiger partial charge in [0.2, 0.25) is 5.91 Å². The molecule has 0 unspecified atom stereocenters. The van der Waals surface area contributed by atoms with Crippen molar-refractivity contribution in [1.29, 1.82) is 0 Å². The molecule has 0 saturated carbocycles. The van der Waals surface area contributed by atoms with E-state index < -0.39 is 11.4 Å². The predicted octanol–water partition coefficient (Wildman–Crippen LogP) is 1.45. The van der Waals surface area contributed by atoms with Crippen molar-refractivity contribution >= 4 is 11.9 Å². The lowest BCUT2D eigenvalue weighted by molar-refractivity contribution is -0.149. The molecule has 8 heteroatoms. The maximum absolute atomic E-state index is 12.7. The molecule has 2 atom stereocenters. The highest BCUT2D eigenvalue weighted by atomic mass is 16.4. The van der Waals surface area contributed by atoms with Gasteiger partial charge in [0.1, 0.15) is 5.41 Å². The number of amides is 1. The summed E-state index contributed by atoms with van der Waals surface area (Å²) in [4.78, 5) is 32.9. The van der Waals surface area contributed by atoms with Crippen LogP contribution in [0.3, 0.4) is 0 Å². The van der Waals surface area contributed by atoms with Crippen LogP contribution >= 0.6 is 0 Å². The van der Waals surface area contributed by atoms with E-state index in [1.807, 2.05) is 29.2 Å². The lowest BCUT2D eigenvalue weighted by atomic mass is 9.81. The van der Waals surface area contributed by atoms with Gasteiger partial charge in [-0.05, 0) is 31.5 Å². The third-order valence-corrected chi connectivity index (χ3v) is 6.15. The Morgan fingerprint density at radius 2 is 1.97 bits per heavy atom. The molecule has 2 saturated heterocycles. The van der Waals surface area contributed by atoms with Gasteiger partial charge < -0.3 is 10.0 Å². The Labute approximate surface area is 170 Å². The number of fused-ring (bicyclic) bond motifs is 1. The molecule has 2 aromatic heterocycles. The summed E-state index contributed by atoms with van der Waals surface area (Å²) in [5, 5.41) is 14.4. The molecule has 0 spiro atoms. The van der Waals surface area contributed by atoms with E-state index in [0.717, 1.165) is 11.1 Å². The van der Waals surface area contributed by atoms with Gasteiger partial charge in [0, 0.05) is 68.8 Å². The Morgan fingerprint density at radius 1 is 1.21 bits per heavy atom. The molecule has 1 amide bonds. The van der Waals surface area contributed by atoms with Gasteiger partial charge in [0.05, 0.1) is 12.6 Å². The molecular formula is C21H27N5O3. The van der Waals surface area contributed by atoms with Crippen molar-refractivity contribution in [2.24, 2.45) is 11.3 Å². The van der Waals surface area contributed by atoms with E-state index in [9.17, 15) is 14.7 Å². The Bertz CT molecular complexity index is 897. The summed E-state index contributed by atoms with van der Waals surface area (Å²) >= 11 is 0. The number of hydrogen-bond donors (Lipinski definition) is 1. The molecule has 29 heavy (non-hydrogen) atoms. The molecule has 2 aliphatic rings. The van der Waals surface area contributed by atoms with Crippen LogP contribution in [0.1, 0.15) is 31.0 Å². The molecular weight excluding hydrogens is 370 g/mol. The van der Waals surface area contributed by atoms with Crippen LogP contribution in [0.15, 0.2) is 36.9 Å². The Balaban J connectivity index is 1.42. The molecule has 2 aromatic rings. The number of likely N-dealkylation sites (tertiary alicyclic amines) is 2. The van der Waals surface area contributed by atoms with Crippen molar-refractivity contribution < 1.29 is 14.7 Å². The van der Waals surface area contributed by atoms with Crippen LogP contribution in [0.5, 0.6) is 0 Å². The van der Waals surface area contributed by atoms with Crippen LogP contribution in [-0.4, -0.2) is 67.7 Å². The summed E-state index contributed by atoms with van der Waals surface area (Å²) < 4.78 is 1.92. The number of carbonyl (C=O) groups is 2. The monoisotopic (exact) mass is 397 g/mol. The van der Waals surface area contributed by atoms with Crippen molar-refractivity contribution in [2.75, 3.05) is 26.2 Å². The summed E-state index contributed by atoms with van der Waals surface area (Å²) in [6, 6.07) is 3.94. The topological polar surface area (TPSA) is 91.6 Å². The molecule has 4 rings (SSSR count). The largest absolute Gasteiger partial charge is 0.481 e. The van der Waals surface area contributed by atoms with Crippen LogP contribution in [0, 0.1) is 11.3 Å². The number of nitrogens with zero attached hydrogens (tertiary/aromatic N) is 5. The maximum Gasteiger partial charge on any atom is 0.313 e. The predicted molar refractivity (Wildman–Crippen MR) is 106 cm³/mol. The lowest BCUT2D eigenvalue weighted by Gasteiger charge is -2.25. The van der Waals surface area contributed by atoms with Gasteiger partial charge in [-0.15, -0.1) is 0 Å². The lowest BCUT2D eigenvalue weighted by Crippen LogP contribution is -2.42. The summed E-state index contributed by atoms with van der Waals surface area (Å²) in [7, 11) is 0. The van der Waals surface area contributed by atoms with E-state index in [2.05, 4.69) is 28.8 Å². The fourth-order valence-electron chi connectivity index (χ4n) is 4.57. The van der Waals surface area contributed by atoms with Gasteiger partial charge in [0.25, 0.3) is 0 Å². The molecule has 4 heterocycles. The molecule has 8 nitrogen and oxygen atoms in total. The Hall–Kier alpha value is -2.74. The normalized spacial score (nSPS) is 24.2. The molecule has 2 aliphatic heterocycles. The second-order valence-corrected chi connectivity index (χ2v) is 8.56. The minimum atomic E-state index is -0.887. The number of pyridine rings is 1. The number of rotatable bonds is 6. The number of aromatic nitrogens is 3. The summed E-state index contributed by atoms with van der Waals surface area (Å²) in [5.41, 5.74) is 1.10. The van der Waals surface area contributed by atoms with E-state index in [0.29, 0.717) is 32.2 Å². The summed E-state index contributed by atoms with van der Waals surface area (Å²) in [5.74, 6) is -0.875. The smallest absolute Gasteiger partial charge is 0.313 e. The fraction of sp³-hybridized carbons (Fsp3) is 0.524. The first kappa shape index (κ1) is 19.6. The first-order valence-corrected chi connectivity index (χ1v) is 10.0. The van der Waals surface area contributed by atoms with Crippen LogP contribution in [0.2, 0.25) is 0 Å². The molecule has 1 N–H and O–H groups in total.